The number of hydrogen-bond acceptors (Lipinski definition) is 2. The van der Waals surface area contributed by atoms with Gasteiger partial charge in [-0.15, -0.1) is 0 Å². The predicted octanol–water partition coefficient (Wildman–Crippen LogP) is 3.86. The molecule has 4 heteroatoms. The number of halogens is 1. The van der Waals surface area contributed by atoms with Crippen LogP contribution in [0.15, 0.2) is 28.7 Å². The van der Waals surface area contributed by atoms with Gasteiger partial charge in [0.15, 0.2) is 0 Å². The van der Waals surface area contributed by atoms with Crippen molar-refractivity contribution in [3.63, 3.8) is 0 Å². The molecule has 1 aromatic carbocycles. The molecule has 0 aliphatic carbocycles. The van der Waals surface area contributed by atoms with Gasteiger partial charge < -0.3 is 10.2 Å². The Morgan fingerprint density at radius 1 is 1.35 bits per heavy atom. The van der Waals surface area contributed by atoms with Crippen molar-refractivity contribution in [2.24, 2.45) is 11.8 Å². The van der Waals surface area contributed by atoms with Crippen LogP contribution in [-0.4, -0.2) is 37.0 Å². The molecule has 0 aromatic heterocycles. The normalized spacial score (nSPS) is 17.5. The smallest absolute Gasteiger partial charge is 0.226 e. The molecule has 1 heterocycles. The molecule has 23 heavy (non-hydrogen) atoms. The largest absolute Gasteiger partial charge is 0.342 e. The second-order valence-electron chi connectivity index (χ2n) is 7.05. The van der Waals surface area contributed by atoms with Gasteiger partial charge in [0.2, 0.25) is 5.91 Å². The SMILES string of the molecule is CNC1CCN(C(=O)C(Cc2cccc(Br)c2)CC(C)C)CC1. The van der Waals surface area contributed by atoms with Gasteiger partial charge in [-0.3, -0.25) is 4.79 Å². The fourth-order valence-corrected chi connectivity index (χ4v) is 3.88. The molecule has 1 aromatic rings. The van der Waals surface area contributed by atoms with Crippen LogP contribution in [0.1, 0.15) is 38.7 Å². The Morgan fingerprint density at radius 3 is 2.61 bits per heavy atom. The molecule has 0 radical (unpaired) electrons. The highest BCUT2D eigenvalue weighted by molar-refractivity contribution is 9.10. The molecule has 2 rings (SSSR count). The maximum Gasteiger partial charge on any atom is 0.226 e. The third kappa shape index (κ3) is 5.61. The minimum atomic E-state index is 0.0930. The van der Waals surface area contributed by atoms with Gasteiger partial charge in [-0.2, -0.15) is 0 Å². The van der Waals surface area contributed by atoms with Crippen molar-refractivity contribution in [3.05, 3.63) is 34.3 Å². The maximum absolute atomic E-state index is 13.0. The lowest BCUT2D eigenvalue weighted by molar-refractivity contribution is -0.137. The molecule has 0 saturated carbocycles. The lowest BCUT2D eigenvalue weighted by Gasteiger charge is -2.34. The van der Waals surface area contributed by atoms with Crippen LogP contribution in [0.3, 0.4) is 0 Å². The van der Waals surface area contributed by atoms with Crippen molar-refractivity contribution in [2.75, 3.05) is 20.1 Å². The molecule has 128 valence electrons. The van der Waals surface area contributed by atoms with Crippen LogP contribution in [0, 0.1) is 11.8 Å². The summed E-state index contributed by atoms with van der Waals surface area (Å²) in [5.41, 5.74) is 1.24. The van der Waals surface area contributed by atoms with E-state index in [1.165, 1.54) is 5.56 Å². The van der Waals surface area contributed by atoms with Crippen molar-refractivity contribution in [1.29, 1.82) is 0 Å². The Hall–Kier alpha value is -0.870. The Balaban J connectivity index is 2.04. The molecular formula is C19H29BrN2O. The maximum atomic E-state index is 13.0. The summed E-state index contributed by atoms with van der Waals surface area (Å²) in [7, 11) is 2.01. The van der Waals surface area contributed by atoms with Crippen LogP contribution in [0.2, 0.25) is 0 Å². The number of rotatable bonds is 6. The summed E-state index contributed by atoms with van der Waals surface area (Å²) in [6.07, 6.45) is 3.92. The number of nitrogens with zero attached hydrogens (tertiary/aromatic N) is 1. The summed E-state index contributed by atoms with van der Waals surface area (Å²) in [5, 5.41) is 3.33. The molecule has 1 N–H and O–H groups in total. The van der Waals surface area contributed by atoms with Crippen molar-refractivity contribution in [2.45, 2.75) is 45.6 Å². The van der Waals surface area contributed by atoms with Gasteiger partial charge in [0.1, 0.15) is 0 Å². The second kappa shape index (κ2) is 8.84. The Bertz CT molecular complexity index is 510. The van der Waals surface area contributed by atoms with E-state index in [4.69, 9.17) is 0 Å². The molecule has 1 saturated heterocycles. The van der Waals surface area contributed by atoms with Crippen molar-refractivity contribution < 1.29 is 4.79 Å². The van der Waals surface area contributed by atoms with E-state index in [0.717, 1.165) is 43.2 Å². The van der Waals surface area contributed by atoms with Gasteiger partial charge in [-0.05, 0) is 56.3 Å². The van der Waals surface area contributed by atoms with E-state index in [-0.39, 0.29) is 5.92 Å². The quantitative estimate of drug-likeness (QED) is 0.812. The minimum absolute atomic E-state index is 0.0930. The summed E-state index contributed by atoms with van der Waals surface area (Å²) < 4.78 is 1.08. The Labute approximate surface area is 149 Å². The molecule has 0 bridgehead atoms. The standard InChI is InChI=1S/C19H29BrN2O/c1-14(2)11-16(12-15-5-4-6-17(20)13-15)19(23)22-9-7-18(21-3)8-10-22/h4-6,13-14,16,18,21H,7-12H2,1-3H3. The van der Waals surface area contributed by atoms with Crippen LogP contribution >= 0.6 is 15.9 Å². The number of amides is 1. The molecule has 1 amide bonds. The number of benzene rings is 1. The van der Waals surface area contributed by atoms with Crippen LogP contribution in [0.25, 0.3) is 0 Å². The molecule has 1 aliphatic rings. The molecule has 0 spiro atoms. The van der Waals surface area contributed by atoms with Crippen LogP contribution in [0.4, 0.5) is 0 Å². The summed E-state index contributed by atoms with van der Waals surface area (Å²) in [6, 6.07) is 8.90. The fourth-order valence-electron chi connectivity index (χ4n) is 3.44. The van der Waals surface area contributed by atoms with Crippen LogP contribution < -0.4 is 5.32 Å². The summed E-state index contributed by atoms with van der Waals surface area (Å²) >= 11 is 3.53. The van der Waals surface area contributed by atoms with E-state index in [1.54, 1.807) is 0 Å². The first-order valence-electron chi connectivity index (χ1n) is 8.70. The highest BCUT2D eigenvalue weighted by atomic mass is 79.9. The van der Waals surface area contributed by atoms with Gasteiger partial charge >= 0.3 is 0 Å². The zero-order chi connectivity index (χ0) is 16.8. The van der Waals surface area contributed by atoms with Gasteiger partial charge in [-0.25, -0.2) is 0 Å². The highest BCUT2D eigenvalue weighted by Crippen LogP contribution is 2.23. The van der Waals surface area contributed by atoms with Crippen molar-refractivity contribution in [1.82, 2.24) is 10.2 Å². The zero-order valence-corrected chi connectivity index (χ0v) is 16.1. The van der Waals surface area contributed by atoms with E-state index in [9.17, 15) is 4.79 Å². The molecule has 3 nitrogen and oxygen atoms in total. The monoisotopic (exact) mass is 380 g/mol. The second-order valence-corrected chi connectivity index (χ2v) is 7.96. The number of carbonyl (C=O) groups is 1. The van der Waals surface area contributed by atoms with Gasteiger partial charge in [0.05, 0.1) is 0 Å². The van der Waals surface area contributed by atoms with E-state index in [1.807, 2.05) is 13.1 Å². The van der Waals surface area contributed by atoms with E-state index < -0.39 is 0 Å². The predicted molar refractivity (Wildman–Crippen MR) is 99.5 cm³/mol. The fraction of sp³-hybridized carbons (Fsp3) is 0.632. The van der Waals surface area contributed by atoms with Gasteiger partial charge in [0, 0.05) is 29.5 Å². The third-order valence-corrected chi connectivity index (χ3v) is 5.18. The highest BCUT2D eigenvalue weighted by Gasteiger charge is 2.28. The molecular weight excluding hydrogens is 352 g/mol. The zero-order valence-electron chi connectivity index (χ0n) is 14.5. The average Bonchev–Trinajstić information content (AvgIpc) is 2.53. The first kappa shape index (κ1) is 18.5. The number of likely N-dealkylation sites (tertiary alicyclic amines) is 1. The third-order valence-electron chi connectivity index (χ3n) is 4.69. The van der Waals surface area contributed by atoms with E-state index >= 15 is 0 Å². The lowest BCUT2D eigenvalue weighted by Crippen LogP contribution is -2.46. The van der Waals surface area contributed by atoms with Gasteiger partial charge in [0.25, 0.3) is 0 Å². The summed E-state index contributed by atoms with van der Waals surface area (Å²) in [4.78, 5) is 15.1. The first-order chi connectivity index (χ1) is 11.0. The first-order valence-corrected chi connectivity index (χ1v) is 9.49. The number of hydrogen-bond donors (Lipinski definition) is 1. The van der Waals surface area contributed by atoms with E-state index in [0.29, 0.717) is 17.9 Å². The Morgan fingerprint density at radius 2 is 2.04 bits per heavy atom. The Kier molecular flexibility index (Phi) is 7.09. The van der Waals surface area contributed by atoms with Crippen molar-refractivity contribution in [3.8, 4) is 0 Å². The summed E-state index contributed by atoms with van der Waals surface area (Å²) in [6.45, 7) is 6.18. The molecule has 1 atom stereocenters. The topological polar surface area (TPSA) is 32.3 Å². The van der Waals surface area contributed by atoms with Crippen LogP contribution in [0.5, 0.6) is 0 Å². The van der Waals surface area contributed by atoms with E-state index in [2.05, 4.69) is 58.2 Å². The minimum Gasteiger partial charge on any atom is -0.342 e. The number of nitrogens with one attached hydrogen (secondary N) is 1. The van der Waals surface area contributed by atoms with Crippen LogP contribution in [-0.2, 0) is 11.2 Å². The molecule has 1 fully saturated rings. The number of piperidine rings is 1. The molecule has 1 aliphatic heterocycles. The summed E-state index contributed by atoms with van der Waals surface area (Å²) in [5.74, 6) is 0.967. The number of carbonyl (C=O) groups excluding carboxylic acids is 1. The van der Waals surface area contributed by atoms with Crippen molar-refractivity contribution >= 4 is 21.8 Å². The van der Waals surface area contributed by atoms with Gasteiger partial charge in [-0.1, -0.05) is 41.9 Å². The average molecular weight is 381 g/mol. The molecule has 1 unspecified atom stereocenters. The lowest BCUT2D eigenvalue weighted by atomic mass is 9.89.